The Hall–Kier alpha value is -0.540. The lowest BCUT2D eigenvalue weighted by Crippen LogP contribution is -2.21. The van der Waals surface area contributed by atoms with E-state index < -0.39 is 0 Å². The lowest BCUT2D eigenvalue weighted by Gasteiger charge is -2.21. The fraction of sp³-hybridized carbons (Fsp3) is 0.750. The van der Waals surface area contributed by atoms with Crippen LogP contribution in [0.4, 0.5) is 0 Å². The third kappa shape index (κ3) is 1.98. The molecule has 4 heteroatoms. The minimum absolute atomic E-state index is 0.675. The highest BCUT2D eigenvalue weighted by molar-refractivity contribution is 6.28. The summed E-state index contributed by atoms with van der Waals surface area (Å²) in [5, 5.41) is 4.19. The molecule has 1 aromatic heterocycles. The first-order valence-corrected chi connectivity index (χ1v) is 6.59. The Labute approximate surface area is 101 Å². The summed E-state index contributed by atoms with van der Waals surface area (Å²) < 4.78 is 2.19. The zero-order valence-electron chi connectivity index (χ0n) is 9.67. The van der Waals surface area contributed by atoms with E-state index in [1.54, 1.807) is 0 Å². The molecule has 0 saturated heterocycles. The summed E-state index contributed by atoms with van der Waals surface area (Å²) in [4.78, 5) is 4.49. The molecule has 0 amide bonds. The van der Waals surface area contributed by atoms with E-state index in [4.69, 9.17) is 11.6 Å². The smallest absolute Gasteiger partial charge is 0.203 e. The van der Waals surface area contributed by atoms with Crippen molar-refractivity contribution in [3.63, 3.8) is 0 Å². The van der Waals surface area contributed by atoms with Gasteiger partial charge in [0, 0.05) is 24.8 Å². The highest BCUT2D eigenvalue weighted by Crippen LogP contribution is 2.27. The summed E-state index contributed by atoms with van der Waals surface area (Å²) in [6.45, 7) is 4.23. The second-order valence-corrected chi connectivity index (χ2v) is 5.52. The van der Waals surface area contributed by atoms with Crippen molar-refractivity contribution in [2.24, 2.45) is 5.92 Å². The Balaban J connectivity index is 1.80. The van der Waals surface area contributed by atoms with Gasteiger partial charge in [0.05, 0.1) is 5.69 Å². The topological polar surface area (TPSA) is 29.9 Å². The molecule has 1 aliphatic carbocycles. The van der Waals surface area contributed by atoms with Gasteiger partial charge in [0.2, 0.25) is 5.28 Å². The number of fused-ring (bicyclic) bond motifs is 1. The number of nitrogens with zero attached hydrogens (tertiary/aromatic N) is 2. The SMILES string of the molecule is CC1CCn2c(Cl)nc(CNC3CC3)c2C1. The first-order chi connectivity index (χ1) is 7.74. The average molecular weight is 240 g/mol. The van der Waals surface area contributed by atoms with E-state index in [1.165, 1.54) is 30.7 Å². The highest BCUT2D eigenvalue weighted by Gasteiger charge is 2.25. The second-order valence-electron chi connectivity index (χ2n) is 5.18. The molecule has 1 unspecified atom stereocenters. The lowest BCUT2D eigenvalue weighted by atomic mass is 9.97. The summed E-state index contributed by atoms with van der Waals surface area (Å²) in [5.41, 5.74) is 2.53. The Morgan fingerprint density at radius 3 is 3.00 bits per heavy atom. The molecule has 2 heterocycles. The molecular weight excluding hydrogens is 222 g/mol. The summed E-state index contributed by atoms with van der Waals surface area (Å²) in [5.74, 6) is 0.764. The molecule has 0 spiro atoms. The Bertz CT molecular complexity index is 395. The van der Waals surface area contributed by atoms with Gasteiger partial charge >= 0.3 is 0 Å². The van der Waals surface area contributed by atoms with Gasteiger partial charge in [-0.15, -0.1) is 0 Å². The van der Waals surface area contributed by atoms with Crippen LogP contribution < -0.4 is 5.32 Å². The number of halogens is 1. The number of rotatable bonds is 3. The molecule has 1 aromatic rings. The summed E-state index contributed by atoms with van der Waals surface area (Å²) in [6, 6.07) is 0.733. The predicted molar refractivity (Wildman–Crippen MR) is 64.6 cm³/mol. The second kappa shape index (κ2) is 4.04. The van der Waals surface area contributed by atoms with Crippen LogP contribution in [-0.4, -0.2) is 15.6 Å². The van der Waals surface area contributed by atoms with Crippen LogP contribution in [0.5, 0.6) is 0 Å². The zero-order chi connectivity index (χ0) is 11.1. The standard InChI is InChI=1S/C12H18ClN3/c1-8-4-5-16-11(6-8)10(15-12(16)13)7-14-9-2-3-9/h8-9,14H,2-7H2,1H3. The van der Waals surface area contributed by atoms with Crippen LogP contribution in [0.2, 0.25) is 5.28 Å². The molecule has 3 nitrogen and oxygen atoms in total. The number of hydrogen-bond acceptors (Lipinski definition) is 2. The summed E-state index contributed by atoms with van der Waals surface area (Å²) in [7, 11) is 0. The molecule has 1 saturated carbocycles. The van der Waals surface area contributed by atoms with Gasteiger partial charge in [-0.1, -0.05) is 6.92 Å². The van der Waals surface area contributed by atoms with E-state index in [0.29, 0.717) is 5.28 Å². The summed E-state index contributed by atoms with van der Waals surface area (Å²) in [6.07, 6.45) is 4.99. The maximum Gasteiger partial charge on any atom is 0.203 e. The van der Waals surface area contributed by atoms with Crippen molar-refractivity contribution in [3.05, 3.63) is 16.7 Å². The van der Waals surface area contributed by atoms with Crippen LogP contribution >= 0.6 is 11.6 Å². The van der Waals surface area contributed by atoms with Gasteiger partial charge in [-0.3, -0.25) is 0 Å². The van der Waals surface area contributed by atoms with Crippen LogP contribution in [0.1, 0.15) is 37.6 Å². The molecule has 0 bridgehead atoms. The van der Waals surface area contributed by atoms with Crippen molar-refractivity contribution < 1.29 is 0 Å². The fourth-order valence-electron chi connectivity index (χ4n) is 2.41. The van der Waals surface area contributed by atoms with E-state index >= 15 is 0 Å². The lowest BCUT2D eigenvalue weighted by molar-refractivity contribution is 0.414. The van der Waals surface area contributed by atoms with E-state index in [0.717, 1.165) is 31.5 Å². The fourth-order valence-corrected chi connectivity index (χ4v) is 2.70. The third-order valence-corrected chi connectivity index (χ3v) is 3.92. The Kier molecular flexibility index (Phi) is 2.68. The van der Waals surface area contributed by atoms with Crippen molar-refractivity contribution >= 4 is 11.6 Å². The van der Waals surface area contributed by atoms with E-state index in [2.05, 4.69) is 21.8 Å². The van der Waals surface area contributed by atoms with Crippen molar-refractivity contribution in [2.75, 3.05) is 0 Å². The maximum atomic E-state index is 6.17. The third-order valence-electron chi connectivity index (χ3n) is 3.63. The maximum absolute atomic E-state index is 6.17. The number of imidazole rings is 1. The van der Waals surface area contributed by atoms with Crippen molar-refractivity contribution in [2.45, 2.75) is 51.7 Å². The van der Waals surface area contributed by atoms with Gasteiger partial charge in [0.15, 0.2) is 0 Å². The molecule has 1 aliphatic heterocycles. The molecule has 3 rings (SSSR count). The van der Waals surface area contributed by atoms with Crippen LogP contribution in [0.25, 0.3) is 0 Å². The first-order valence-electron chi connectivity index (χ1n) is 6.21. The van der Waals surface area contributed by atoms with Gasteiger partial charge in [-0.05, 0) is 43.2 Å². The van der Waals surface area contributed by atoms with Crippen LogP contribution in [0, 0.1) is 5.92 Å². The van der Waals surface area contributed by atoms with Crippen molar-refractivity contribution in [1.82, 2.24) is 14.9 Å². The molecule has 0 radical (unpaired) electrons. The average Bonchev–Trinajstić information content (AvgIpc) is 3.03. The van der Waals surface area contributed by atoms with Crippen LogP contribution in [0.15, 0.2) is 0 Å². The molecule has 0 aromatic carbocycles. The van der Waals surface area contributed by atoms with Gasteiger partial charge in [-0.2, -0.15) is 0 Å². The van der Waals surface area contributed by atoms with Gasteiger partial charge in [0.1, 0.15) is 0 Å². The molecule has 16 heavy (non-hydrogen) atoms. The summed E-state index contributed by atoms with van der Waals surface area (Å²) >= 11 is 6.17. The van der Waals surface area contributed by atoms with Crippen molar-refractivity contribution in [1.29, 1.82) is 0 Å². The van der Waals surface area contributed by atoms with E-state index in [1.807, 2.05) is 0 Å². The highest BCUT2D eigenvalue weighted by atomic mass is 35.5. The quantitative estimate of drug-likeness (QED) is 0.878. The molecule has 1 N–H and O–H groups in total. The number of nitrogens with one attached hydrogen (secondary N) is 1. The van der Waals surface area contributed by atoms with Gasteiger partial charge < -0.3 is 9.88 Å². The van der Waals surface area contributed by atoms with Gasteiger partial charge in [0.25, 0.3) is 0 Å². The zero-order valence-corrected chi connectivity index (χ0v) is 10.4. The Morgan fingerprint density at radius 1 is 1.44 bits per heavy atom. The van der Waals surface area contributed by atoms with Crippen LogP contribution in [-0.2, 0) is 19.5 Å². The Morgan fingerprint density at radius 2 is 2.25 bits per heavy atom. The molecule has 88 valence electrons. The van der Waals surface area contributed by atoms with E-state index in [-0.39, 0.29) is 0 Å². The minimum Gasteiger partial charge on any atom is -0.319 e. The number of hydrogen-bond donors (Lipinski definition) is 1. The predicted octanol–water partition coefficient (Wildman–Crippen LogP) is 2.37. The normalized spacial score (nSPS) is 24.5. The molecule has 1 atom stereocenters. The first kappa shape index (κ1) is 10.6. The molecule has 1 fully saturated rings. The molecule has 2 aliphatic rings. The largest absolute Gasteiger partial charge is 0.319 e. The van der Waals surface area contributed by atoms with Crippen molar-refractivity contribution in [3.8, 4) is 0 Å². The van der Waals surface area contributed by atoms with Gasteiger partial charge in [-0.25, -0.2) is 4.98 Å². The minimum atomic E-state index is 0.675. The number of aromatic nitrogens is 2. The molecular formula is C12H18ClN3. The monoisotopic (exact) mass is 239 g/mol. The van der Waals surface area contributed by atoms with E-state index in [9.17, 15) is 0 Å². The van der Waals surface area contributed by atoms with Crippen LogP contribution in [0.3, 0.4) is 0 Å².